The number of aliphatic hydroxyl groups excluding tert-OH is 1. The van der Waals surface area contributed by atoms with Gasteiger partial charge in [0.2, 0.25) is 10.0 Å². The molecule has 0 aliphatic heterocycles. The number of hydrogen-bond donors (Lipinski definition) is 3. The SMILES string of the molecule is CC(C)CC(CO)NS(=O)(=O)c1cn[nH]c1. The van der Waals surface area contributed by atoms with E-state index in [-0.39, 0.29) is 11.5 Å². The molecule has 0 bridgehead atoms. The fourth-order valence-electron chi connectivity index (χ4n) is 1.40. The van der Waals surface area contributed by atoms with Crippen molar-refractivity contribution in [3.05, 3.63) is 12.4 Å². The van der Waals surface area contributed by atoms with Gasteiger partial charge in [-0.05, 0) is 12.3 Å². The minimum atomic E-state index is -3.58. The van der Waals surface area contributed by atoms with Crippen LogP contribution in [0.3, 0.4) is 0 Å². The first kappa shape index (κ1) is 13.1. The van der Waals surface area contributed by atoms with Gasteiger partial charge in [-0.3, -0.25) is 5.10 Å². The summed E-state index contributed by atoms with van der Waals surface area (Å²) in [5.74, 6) is 0.309. The van der Waals surface area contributed by atoms with Crippen LogP contribution in [0.15, 0.2) is 17.3 Å². The molecule has 3 N–H and O–H groups in total. The molecule has 1 aromatic rings. The quantitative estimate of drug-likeness (QED) is 0.664. The summed E-state index contributed by atoms with van der Waals surface area (Å²) in [6.07, 6.45) is 3.12. The highest BCUT2D eigenvalue weighted by molar-refractivity contribution is 7.89. The Morgan fingerprint density at radius 3 is 2.69 bits per heavy atom. The van der Waals surface area contributed by atoms with Crippen molar-refractivity contribution in [1.29, 1.82) is 0 Å². The van der Waals surface area contributed by atoms with Gasteiger partial charge in [0.25, 0.3) is 0 Å². The number of aromatic nitrogens is 2. The number of nitrogens with zero attached hydrogens (tertiary/aromatic N) is 1. The summed E-state index contributed by atoms with van der Waals surface area (Å²) in [6, 6.07) is -0.458. The number of H-pyrrole nitrogens is 1. The van der Waals surface area contributed by atoms with Gasteiger partial charge in [0.1, 0.15) is 4.90 Å². The van der Waals surface area contributed by atoms with Crippen LogP contribution in [-0.4, -0.2) is 36.4 Å². The molecular formula is C9H17N3O3S. The van der Waals surface area contributed by atoms with E-state index < -0.39 is 16.1 Å². The number of hydrogen-bond acceptors (Lipinski definition) is 4. The first-order chi connectivity index (χ1) is 7.45. The molecule has 0 saturated heterocycles. The third kappa shape index (κ3) is 3.58. The van der Waals surface area contributed by atoms with Crippen LogP contribution in [0.2, 0.25) is 0 Å². The Labute approximate surface area is 95.1 Å². The van der Waals surface area contributed by atoms with Gasteiger partial charge in [-0.1, -0.05) is 13.8 Å². The second-order valence-electron chi connectivity index (χ2n) is 4.06. The third-order valence-corrected chi connectivity index (χ3v) is 3.57. The monoisotopic (exact) mass is 247 g/mol. The first-order valence-electron chi connectivity index (χ1n) is 5.07. The van der Waals surface area contributed by atoms with Crippen LogP contribution in [0.5, 0.6) is 0 Å². The maximum Gasteiger partial charge on any atom is 0.244 e. The average molecular weight is 247 g/mol. The van der Waals surface area contributed by atoms with Gasteiger partial charge in [0, 0.05) is 12.2 Å². The van der Waals surface area contributed by atoms with E-state index in [1.165, 1.54) is 12.4 Å². The van der Waals surface area contributed by atoms with Crippen molar-refractivity contribution in [1.82, 2.24) is 14.9 Å². The summed E-state index contributed by atoms with van der Waals surface area (Å²) in [5.41, 5.74) is 0. The van der Waals surface area contributed by atoms with Gasteiger partial charge in [-0.15, -0.1) is 0 Å². The first-order valence-corrected chi connectivity index (χ1v) is 6.56. The Hall–Kier alpha value is -0.920. The standard InChI is InChI=1S/C9H17N3O3S/c1-7(2)3-8(6-13)12-16(14,15)9-4-10-11-5-9/h4-5,7-8,12-13H,3,6H2,1-2H3,(H,10,11). The highest BCUT2D eigenvalue weighted by Gasteiger charge is 2.20. The van der Waals surface area contributed by atoms with E-state index in [4.69, 9.17) is 5.11 Å². The predicted octanol–water partition coefficient (Wildman–Crippen LogP) is 0.0950. The van der Waals surface area contributed by atoms with Crippen molar-refractivity contribution in [2.75, 3.05) is 6.61 Å². The lowest BCUT2D eigenvalue weighted by atomic mass is 10.1. The van der Waals surface area contributed by atoms with Crippen molar-refractivity contribution < 1.29 is 13.5 Å². The van der Waals surface area contributed by atoms with Crippen LogP contribution in [0.1, 0.15) is 20.3 Å². The molecule has 1 heterocycles. The van der Waals surface area contributed by atoms with Gasteiger partial charge >= 0.3 is 0 Å². The number of nitrogens with one attached hydrogen (secondary N) is 2. The molecule has 92 valence electrons. The van der Waals surface area contributed by atoms with Crippen LogP contribution >= 0.6 is 0 Å². The molecular weight excluding hydrogens is 230 g/mol. The average Bonchev–Trinajstić information content (AvgIpc) is 2.68. The van der Waals surface area contributed by atoms with Gasteiger partial charge in [0.05, 0.1) is 12.8 Å². The van der Waals surface area contributed by atoms with E-state index >= 15 is 0 Å². The summed E-state index contributed by atoms with van der Waals surface area (Å²) in [4.78, 5) is 0.0784. The Kier molecular flexibility index (Phi) is 4.45. The van der Waals surface area contributed by atoms with Crippen LogP contribution in [-0.2, 0) is 10.0 Å². The van der Waals surface area contributed by atoms with Crippen molar-refractivity contribution in [3.63, 3.8) is 0 Å². The smallest absolute Gasteiger partial charge is 0.244 e. The van der Waals surface area contributed by atoms with Crippen molar-refractivity contribution >= 4 is 10.0 Å². The van der Waals surface area contributed by atoms with Gasteiger partial charge in [0.15, 0.2) is 0 Å². The van der Waals surface area contributed by atoms with Crippen LogP contribution in [0, 0.1) is 5.92 Å². The topological polar surface area (TPSA) is 95.1 Å². The van der Waals surface area contributed by atoms with Crippen molar-refractivity contribution in [2.45, 2.75) is 31.2 Å². The summed E-state index contributed by atoms with van der Waals surface area (Å²) in [5, 5.41) is 15.1. The molecule has 0 fully saturated rings. The van der Waals surface area contributed by atoms with Crippen LogP contribution < -0.4 is 4.72 Å². The molecule has 0 aliphatic carbocycles. The van der Waals surface area contributed by atoms with Gasteiger partial charge in [-0.2, -0.15) is 5.10 Å². The number of aromatic amines is 1. The molecule has 0 saturated carbocycles. The Bertz CT molecular complexity index is 400. The molecule has 0 spiro atoms. The lowest BCUT2D eigenvalue weighted by Gasteiger charge is -2.17. The zero-order valence-electron chi connectivity index (χ0n) is 9.34. The molecule has 16 heavy (non-hydrogen) atoms. The fourth-order valence-corrected chi connectivity index (χ4v) is 2.55. The molecule has 1 rings (SSSR count). The highest BCUT2D eigenvalue weighted by atomic mass is 32.2. The lowest BCUT2D eigenvalue weighted by molar-refractivity contribution is 0.240. The largest absolute Gasteiger partial charge is 0.395 e. The van der Waals surface area contributed by atoms with E-state index in [9.17, 15) is 8.42 Å². The van der Waals surface area contributed by atoms with E-state index in [0.29, 0.717) is 12.3 Å². The maximum absolute atomic E-state index is 11.8. The Balaban J connectivity index is 2.71. The molecule has 7 heteroatoms. The summed E-state index contributed by atoms with van der Waals surface area (Å²) in [7, 11) is -3.58. The summed E-state index contributed by atoms with van der Waals surface area (Å²) in [6.45, 7) is 3.72. The van der Waals surface area contributed by atoms with Crippen LogP contribution in [0.25, 0.3) is 0 Å². The zero-order chi connectivity index (χ0) is 12.2. The van der Waals surface area contributed by atoms with E-state index in [0.717, 1.165) is 0 Å². The Morgan fingerprint density at radius 1 is 1.56 bits per heavy atom. The van der Waals surface area contributed by atoms with Crippen molar-refractivity contribution in [2.24, 2.45) is 5.92 Å². The molecule has 1 unspecified atom stereocenters. The van der Waals surface area contributed by atoms with Gasteiger partial charge < -0.3 is 5.11 Å². The molecule has 0 amide bonds. The van der Waals surface area contributed by atoms with Crippen LogP contribution in [0.4, 0.5) is 0 Å². The van der Waals surface area contributed by atoms with E-state index in [1.807, 2.05) is 13.8 Å². The molecule has 6 nitrogen and oxygen atoms in total. The number of rotatable bonds is 6. The molecule has 1 aromatic heterocycles. The third-order valence-electron chi connectivity index (χ3n) is 2.08. The normalized spacial score (nSPS) is 14.2. The number of aliphatic hydroxyl groups is 1. The minimum Gasteiger partial charge on any atom is -0.395 e. The minimum absolute atomic E-state index is 0.0784. The maximum atomic E-state index is 11.8. The van der Waals surface area contributed by atoms with Gasteiger partial charge in [-0.25, -0.2) is 13.1 Å². The van der Waals surface area contributed by atoms with Crippen molar-refractivity contribution in [3.8, 4) is 0 Å². The number of sulfonamides is 1. The molecule has 1 atom stereocenters. The summed E-state index contributed by atoms with van der Waals surface area (Å²) >= 11 is 0. The summed E-state index contributed by atoms with van der Waals surface area (Å²) < 4.78 is 26.0. The highest BCUT2D eigenvalue weighted by Crippen LogP contribution is 2.09. The Morgan fingerprint density at radius 2 is 2.25 bits per heavy atom. The zero-order valence-corrected chi connectivity index (χ0v) is 10.2. The van der Waals surface area contributed by atoms with E-state index in [1.54, 1.807) is 0 Å². The molecule has 0 aromatic carbocycles. The second kappa shape index (κ2) is 5.42. The molecule has 0 aliphatic rings. The predicted molar refractivity (Wildman–Crippen MR) is 59.2 cm³/mol. The second-order valence-corrected chi connectivity index (χ2v) is 5.78. The lowest BCUT2D eigenvalue weighted by Crippen LogP contribution is -2.38. The fraction of sp³-hybridized carbons (Fsp3) is 0.667. The molecule has 0 radical (unpaired) electrons. The van der Waals surface area contributed by atoms with E-state index in [2.05, 4.69) is 14.9 Å².